The number of hydrogen-bond acceptors (Lipinski definition) is 3. The Bertz CT molecular complexity index is 570. The number of unbranched alkanes of at least 4 members (excludes halogenated alkanes) is 3. The van der Waals surface area contributed by atoms with Crippen LogP contribution in [0.25, 0.3) is 0 Å². The monoisotopic (exact) mass is 360 g/mol. The van der Waals surface area contributed by atoms with Crippen molar-refractivity contribution in [3.8, 4) is 5.75 Å². The van der Waals surface area contributed by atoms with Gasteiger partial charge in [-0.3, -0.25) is 9.79 Å². The molecule has 2 N–H and O–H groups in total. The molecule has 0 radical (unpaired) electrons. The average Bonchev–Trinajstić information content (AvgIpc) is 2.67. The van der Waals surface area contributed by atoms with E-state index in [0.717, 1.165) is 31.1 Å². The molecule has 1 rings (SSSR count). The van der Waals surface area contributed by atoms with Gasteiger partial charge in [0.25, 0.3) is 5.91 Å². The van der Waals surface area contributed by atoms with Crippen molar-refractivity contribution < 1.29 is 9.53 Å². The molecular weight excluding hydrogens is 328 g/mol. The highest BCUT2D eigenvalue weighted by atomic mass is 16.5. The van der Waals surface area contributed by atoms with Gasteiger partial charge in [0.15, 0.2) is 5.96 Å². The van der Waals surface area contributed by atoms with E-state index in [0.29, 0.717) is 18.7 Å². The molecule has 0 bridgehead atoms. The number of rotatable bonds is 11. The zero-order valence-electron chi connectivity index (χ0n) is 16.3. The number of benzene rings is 1. The third kappa shape index (κ3) is 8.05. The molecule has 6 nitrogen and oxygen atoms in total. The molecule has 0 aliphatic carbocycles. The maximum atomic E-state index is 12.1. The van der Waals surface area contributed by atoms with E-state index in [1.54, 1.807) is 38.4 Å². The first-order valence-electron chi connectivity index (χ1n) is 9.07. The van der Waals surface area contributed by atoms with Crippen LogP contribution in [0.4, 0.5) is 0 Å². The molecule has 0 aliphatic rings. The lowest BCUT2D eigenvalue weighted by molar-refractivity contribution is 0.0954. The minimum absolute atomic E-state index is 0.0972. The number of nitrogens with zero attached hydrogens (tertiary/aromatic N) is 2. The second-order valence-corrected chi connectivity index (χ2v) is 6.02. The smallest absolute Gasteiger partial charge is 0.251 e. The number of amides is 1. The average molecular weight is 361 g/mol. The molecule has 0 saturated carbocycles. The van der Waals surface area contributed by atoms with Crippen LogP contribution in [0.2, 0.25) is 0 Å². The van der Waals surface area contributed by atoms with Crippen LogP contribution in [-0.2, 0) is 0 Å². The van der Waals surface area contributed by atoms with Crippen LogP contribution in [-0.4, -0.2) is 57.6 Å². The standard InChI is InChI=1S/C20H32N4O2/c1-5-6-7-8-9-16-24(3)20(21-2)23-15-14-22-19(25)17-10-12-18(26-4)13-11-17/h5,10-13H,1,6-9,14-16H2,2-4H3,(H,21,23)(H,22,25). The van der Waals surface area contributed by atoms with Gasteiger partial charge in [0.2, 0.25) is 0 Å². The van der Waals surface area contributed by atoms with Gasteiger partial charge in [0.05, 0.1) is 7.11 Å². The highest BCUT2D eigenvalue weighted by Gasteiger charge is 2.07. The van der Waals surface area contributed by atoms with Crippen molar-refractivity contribution >= 4 is 11.9 Å². The van der Waals surface area contributed by atoms with Crippen LogP contribution in [0.15, 0.2) is 41.9 Å². The highest BCUT2D eigenvalue weighted by molar-refractivity contribution is 5.94. The summed E-state index contributed by atoms with van der Waals surface area (Å²) in [6.07, 6.45) is 6.53. The Morgan fingerprint density at radius 1 is 1.19 bits per heavy atom. The molecule has 0 unspecified atom stereocenters. The van der Waals surface area contributed by atoms with Crippen LogP contribution in [0, 0.1) is 0 Å². The molecule has 144 valence electrons. The summed E-state index contributed by atoms with van der Waals surface area (Å²) in [5.41, 5.74) is 0.617. The molecule has 1 amide bonds. The maximum Gasteiger partial charge on any atom is 0.251 e. The van der Waals surface area contributed by atoms with Gasteiger partial charge in [-0.2, -0.15) is 0 Å². The molecule has 26 heavy (non-hydrogen) atoms. The Kier molecular flexibility index (Phi) is 10.6. The van der Waals surface area contributed by atoms with E-state index in [1.165, 1.54) is 12.8 Å². The zero-order valence-corrected chi connectivity index (χ0v) is 16.3. The summed E-state index contributed by atoms with van der Waals surface area (Å²) in [5.74, 6) is 1.48. The molecule has 0 atom stereocenters. The largest absolute Gasteiger partial charge is 0.497 e. The summed E-state index contributed by atoms with van der Waals surface area (Å²) in [6.45, 7) is 5.84. The van der Waals surface area contributed by atoms with Gasteiger partial charge in [-0.25, -0.2) is 0 Å². The number of ether oxygens (including phenoxy) is 1. The molecule has 0 fully saturated rings. The van der Waals surface area contributed by atoms with Crippen LogP contribution in [0.1, 0.15) is 36.0 Å². The van der Waals surface area contributed by atoms with Gasteiger partial charge in [0.1, 0.15) is 5.75 Å². The van der Waals surface area contributed by atoms with Crippen LogP contribution >= 0.6 is 0 Å². The lowest BCUT2D eigenvalue weighted by atomic mass is 10.2. The quantitative estimate of drug-likeness (QED) is 0.276. The number of hydrogen-bond donors (Lipinski definition) is 2. The van der Waals surface area contributed by atoms with E-state index in [-0.39, 0.29) is 5.91 Å². The summed E-state index contributed by atoms with van der Waals surface area (Å²) in [4.78, 5) is 18.5. The molecule has 0 heterocycles. The van der Waals surface area contributed by atoms with Gasteiger partial charge >= 0.3 is 0 Å². The maximum absolute atomic E-state index is 12.1. The predicted molar refractivity (Wildman–Crippen MR) is 108 cm³/mol. The zero-order chi connectivity index (χ0) is 19.2. The van der Waals surface area contributed by atoms with Crippen LogP contribution < -0.4 is 15.4 Å². The first-order valence-corrected chi connectivity index (χ1v) is 9.07. The van der Waals surface area contributed by atoms with Crippen molar-refractivity contribution in [2.24, 2.45) is 4.99 Å². The third-order valence-electron chi connectivity index (χ3n) is 4.02. The van der Waals surface area contributed by atoms with E-state index in [4.69, 9.17) is 4.74 Å². The molecule has 6 heteroatoms. The fourth-order valence-electron chi connectivity index (χ4n) is 2.50. The lowest BCUT2D eigenvalue weighted by Crippen LogP contribution is -2.42. The fraction of sp³-hybridized carbons (Fsp3) is 0.500. The first-order chi connectivity index (χ1) is 12.6. The lowest BCUT2D eigenvalue weighted by Gasteiger charge is -2.22. The van der Waals surface area contributed by atoms with Crippen molar-refractivity contribution in [3.63, 3.8) is 0 Å². The van der Waals surface area contributed by atoms with Crippen molar-refractivity contribution in [2.75, 3.05) is 40.8 Å². The fourth-order valence-corrected chi connectivity index (χ4v) is 2.50. The minimum Gasteiger partial charge on any atom is -0.497 e. The Labute approximate surface area is 157 Å². The van der Waals surface area contributed by atoms with E-state index < -0.39 is 0 Å². The van der Waals surface area contributed by atoms with Crippen molar-refractivity contribution in [3.05, 3.63) is 42.5 Å². The SMILES string of the molecule is C=CCCCCCN(C)C(=NC)NCCNC(=O)c1ccc(OC)cc1. The Morgan fingerprint density at radius 3 is 2.50 bits per heavy atom. The number of allylic oxidation sites excluding steroid dienone is 1. The summed E-state index contributed by atoms with van der Waals surface area (Å²) in [5, 5.41) is 6.17. The number of guanidine groups is 1. The molecule has 0 spiro atoms. The third-order valence-corrected chi connectivity index (χ3v) is 4.02. The highest BCUT2D eigenvalue weighted by Crippen LogP contribution is 2.10. The van der Waals surface area contributed by atoms with Gasteiger partial charge in [0, 0.05) is 39.3 Å². The first kappa shape index (κ1) is 21.5. The Morgan fingerprint density at radius 2 is 1.88 bits per heavy atom. The summed E-state index contributed by atoms with van der Waals surface area (Å²) in [7, 11) is 5.40. The number of nitrogens with one attached hydrogen (secondary N) is 2. The van der Waals surface area contributed by atoms with Crippen molar-refractivity contribution in [1.29, 1.82) is 0 Å². The molecule has 0 aromatic heterocycles. The molecule has 1 aromatic carbocycles. The van der Waals surface area contributed by atoms with Crippen molar-refractivity contribution in [2.45, 2.75) is 25.7 Å². The molecule has 1 aromatic rings. The van der Waals surface area contributed by atoms with E-state index in [9.17, 15) is 4.79 Å². The van der Waals surface area contributed by atoms with Crippen LogP contribution in [0.3, 0.4) is 0 Å². The van der Waals surface area contributed by atoms with E-state index >= 15 is 0 Å². The van der Waals surface area contributed by atoms with Crippen molar-refractivity contribution in [1.82, 2.24) is 15.5 Å². The number of carbonyl (C=O) groups excluding carboxylic acids is 1. The Hall–Kier alpha value is -2.50. The summed E-state index contributed by atoms with van der Waals surface area (Å²) >= 11 is 0. The second kappa shape index (κ2) is 12.8. The molecular formula is C20H32N4O2. The number of carbonyl (C=O) groups is 1. The normalized spacial score (nSPS) is 11.0. The summed E-state index contributed by atoms with van der Waals surface area (Å²) < 4.78 is 5.09. The predicted octanol–water partition coefficient (Wildman–Crippen LogP) is 2.68. The topological polar surface area (TPSA) is 66.0 Å². The molecule has 0 saturated heterocycles. The van der Waals surface area contributed by atoms with E-state index in [1.807, 2.05) is 13.1 Å². The second-order valence-electron chi connectivity index (χ2n) is 6.02. The van der Waals surface area contributed by atoms with E-state index in [2.05, 4.69) is 27.1 Å². The van der Waals surface area contributed by atoms with Gasteiger partial charge < -0.3 is 20.3 Å². The number of methoxy groups -OCH3 is 1. The molecule has 0 aliphatic heterocycles. The van der Waals surface area contributed by atoms with Gasteiger partial charge in [-0.05, 0) is 43.5 Å². The Balaban J connectivity index is 2.26. The number of aliphatic imine (C=N–C) groups is 1. The van der Waals surface area contributed by atoms with Gasteiger partial charge in [-0.15, -0.1) is 6.58 Å². The van der Waals surface area contributed by atoms with Crippen LogP contribution in [0.5, 0.6) is 5.75 Å². The summed E-state index contributed by atoms with van der Waals surface area (Å²) in [6, 6.07) is 7.05. The van der Waals surface area contributed by atoms with Gasteiger partial charge in [-0.1, -0.05) is 12.5 Å². The minimum atomic E-state index is -0.0972.